The van der Waals surface area contributed by atoms with Crippen LogP contribution in [0.15, 0.2) is 54.7 Å². The van der Waals surface area contributed by atoms with E-state index in [4.69, 9.17) is 0 Å². The van der Waals surface area contributed by atoms with Crippen molar-refractivity contribution in [2.75, 3.05) is 13.1 Å². The van der Waals surface area contributed by atoms with Gasteiger partial charge in [0.1, 0.15) is 5.82 Å². The Kier molecular flexibility index (Phi) is 10.4. The van der Waals surface area contributed by atoms with Crippen LogP contribution in [-0.2, 0) is 12.8 Å². The highest BCUT2D eigenvalue weighted by atomic mass is 19.1. The molecule has 1 nitrogen and oxygen atoms in total. The number of nitrogens with zero attached hydrogens (tertiary/aromatic N) is 1. The molecule has 0 spiro atoms. The largest absolute Gasteiger partial charge is 0.375 e. The van der Waals surface area contributed by atoms with Gasteiger partial charge in [0.25, 0.3) is 0 Å². The van der Waals surface area contributed by atoms with Crippen LogP contribution in [0.25, 0.3) is 0 Å². The molecule has 34 heavy (non-hydrogen) atoms. The van der Waals surface area contributed by atoms with Gasteiger partial charge >= 0.3 is 0 Å². The fourth-order valence-electron chi connectivity index (χ4n) is 4.95. The van der Waals surface area contributed by atoms with E-state index in [9.17, 15) is 4.39 Å². The van der Waals surface area contributed by atoms with Crippen LogP contribution in [0.1, 0.15) is 95.9 Å². The first-order valence-electron chi connectivity index (χ1n) is 13.2. The highest BCUT2D eigenvalue weighted by molar-refractivity contribution is 5.34. The molecule has 0 saturated carbocycles. The standard InChI is InChI=1S/C20H25F.C12H23N/c1-5-20(3,4)14-18-11-15(2)10-17(13-18)12-16-6-8-19(21)9-7-16;1-5-6-12(4)7-9-13(10-8-12)11(2)3/h6-11,13H,5,12,14H2,1-4H3;2,5-10H2,1,3-4H3. The summed E-state index contributed by atoms with van der Waals surface area (Å²) in [5.74, 6) is -0.173. The molecule has 3 rings (SSSR count). The quantitative estimate of drug-likeness (QED) is 0.376. The second-order valence-corrected chi connectivity index (χ2v) is 11.6. The summed E-state index contributed by atoms with van der Waals surface area (Å²) in [6, 6.07) is 13.6. The first-order chi connectivity index (χ1) is 15.9. The van der Waals surface area contributed by atoms with Crippen molar-refractivity contribution in [1.29, 1.82) is 0 Å². The van der Waals surface area contributed by atoms with E-state index in [0.29, 0.717) is 10.8 Å². The Morgan fingerprint density at radius 3 is 2.12 bits per heavy atom. The number of piperidine rings is 1. The Hall–Kier alpha value is -2.09. The maximum atomic E-state index is 13.0. The minimum atomic E-state index is -0.173. The lowest BCUT2D eigenvalue weighted by Gasteiger charge is -2.40. The summed E-state index contributed by atoms with van der Waals surface area (Å²) < 4.78 is 13.0. The molecule has 0 aromatic heterocycles. The fourth-order valence-corrected chi connectivity index (χ4v) is 4.95. The van der Waals surface area contributed by atoms with E-state index in [0.717, 1.165) is 18.4 Å². The third-order valence-corrected chi connectivity index (χ3v) is 7.52. The summed E-state index contributed by atoms with van der Waals surface area (Å²) in [5, 5.41) is 0. The van der Waals surface area contributed by atoms with Crippen LogP contribution < -0.4 is 0 Å². The highest BCUT2D eigenvalue weighted by Gasteiger charge is 2.28. The minimum Gasteiger partial charge on any atom is -0.375 e. The first kappa shape index (κ1) is 28.1. The van der Waals surface area contributed by atoms with Gasteiger partial charge in [-0.25, -0.2) is 4.39 Å². The second-order valence-electron chi connectivity index (χ2n) is 11.6. The molecular weight excluding hydrogens is 417 g/mol. The lowest BCUT2D eigenvalue weighted by molar-refractivity contribution is 0.134. The normalized spacial score (nSPS) is 15.5. The van der Waals surface area contributed by atoms with Crippen molar-refractivity contribution in [3.8, 4) is 0 Å². The molecule has 2 aromatic carbocycles. The van der Waals surface area contributed by atoms with Crippen molar-refractivity contribution in [2.24, 2.45) is 10.8 Å². The zero-order valence-electron chi connectivity index (χ0n) is 22.9. The van der Waals surface area contributed by atoms with Gasteiger partial charge in [0.05, 0.1) is 0 Å². The molecule has 1 fully saturated rings. The van der Waals surface area contributed by atoms with Gasteiger partial charge in [-0.3, -0.25) is 0 Å². The average molecular weight is 466 g/mol. The molecule has 1 aliphatic rings. The summed E-state index contributed by atoms with van der Waals surface area (Å²) in [7, 11) is 0. The maximum Gasteiger partial charge on any atom is 0.123 e. The molecule has 188 valence electrons. The van der Waals surface area contributed by atoms with E-state index in [1.807, 2.05) is 12.1 Å². The number of halogens is 1. The Bertz CT molecular complexity index is 901. The Labute approximate surface area is 209 Å². The van der Waals surface area contributed by atoms with Crippen LogP contribution in [0.2, 0.25) is 0 Å². The number of rotatable bonds is 8. The van der Waals surface area contributed by atoms with E-state index in [2.05, 4.69) is 78.1 Å². The summed E-state index contributed by atoms with van der Waals surface area (Å²) in [5.41, 5.74) is 7.35. The number of hydrogen-bond donors (Lipinski definition) is 0. The van der Waals surface area contributed by atoms with Crippen molar-refractivity contribution in [1.82, 2.24) is 4.90 Å². The van der Waals surface area contributed by atoms with Crippen molar-refractivity contribution >= 4 is 0 Å². The van der Waals surface area contributed by atoms with Crippen LogP contribution >= 0.6 is 0 Å². The average Bonchev–Trinajstić information content (AvgIpc) is 2.75. The third-order valence-electron chi connectivity index (χ3n) is 7.52. The van der Waals surface area contributed by atoms with Crippen LogP contribution in [0.4, 0.5) is 4.39 Å². The lowest BCUT2D eigenvalue weighted by Crippen LogP contribution is -2.37. The highest BCUT2D eigenvalue weighted by Crippen LogP contribution is 2.36. The molecule has 1 heterocycles. The maximum absolute atomic E-state index is 13.0. The Morgan fingerprint density at radius 1 is 1.00 bits per heavy atom. The van der Waals surface area contributed by atoms with Gasteiger partial charge in [-0.2, -0.15) is 0 Å². The third kappa shape index (κ3) is 9.28. The number of allylic oxidation sites excluding steroid dienone is 1. The van der Waals surface area contributed by atoms with Crippen molar-refractivity contribution in [3.63, 3.8) is 0 Å². The van der Waals surface area contributed by atoms with Gasteiger partial charge in [0.2, 0.25) is 0 Å². The van der Waals surface area contributed by atoms with Gasteiger partial charge in [0.15, 0.2) is 0 Å². The van der Waals surface area contributed by atoms with Gasteiger partial charge < -0.3 is 4.90 Å². The molecular formula is C32H48FN. The van der Waals surface area contributed by atoms with Crippen molar-refractivity contribution in [3.05, 3.63) is 82.8 Å². The van der Waals surface area contributed by atoms with Crippen LogP contribution in [-0.4, -0.2) is 18.0 Å². The van der Waals surface area contributed by atoms with Crippen molar-refractivity contribution in [2.45, 2.75) is 93.4 Å². The zero-order valence-corrected chi connectivity index (χ0v) is 22.9. The predicted molar refractivity (Wildman–Crippen MR) is 147 cm³/mol. The van der Waals surface area contributed by atoms with Crippen LogP contribution in [0.5, 0.6) is 0 Å². The number of benzene rings is 2. The smallest absolute Gasteiger partial charge is 0.123 e. The molecule has 0 atom stereocenters. The van der Waals surface area contributed by atoms with Gasteiger partial charge in [0, 0.05) is 18.8 Å². The number of likely N-dealkylation sites (tertiary alicyclic amines) is 1. The van der Waals surface area contributed by atoms with E-state index in [1.165, 1.54) is 79.7 Å². The summed E-state index contributed by atoms with van der Waals surface area (Å²) in [4.78, 5) is 2.41. The zero-order chi connectivity index (χ0) is 25.4. The number of hydrogen-bond acceptors (Lipinski definition) is 1. The molecule has 2 aromatic rings. The Morgan fingerprint density at radius 2 is 1.59 bits per heavy atom. The molecule has 1 aliphatic heterocycles. The molecule has 1 saturated heterocycles. The van der Waals surface area contributed by atoms with Crippen molar-refractivity contribution < 1.29 is 4.39 Å². The first-order valence-corrected chi connectivity index (χ1v) is 13.2. The van der Waals surface area contributed by atoms with Gasteiger partial charge in [-0.15, -0.1) is 0 Å². The predicted octanol–water partition coefficient (Wildman–Crippen LogP) is 9.13. The fraction of sp³-hybridized carbons (Fsp3) is 0.562. The molecule has 0 amide bonds. The minimum absolute atomic E-state index is 0.173. The Balaban J connectivity index is 0.000000270. The summed E-state index contributed by atoms with van der Waals surface area (Å²) in [6.45, 7) is 22.3. The second kappa shape index (κ2) is 12.6. The van der Waals surface area contributed by atoms with E-state index < -0.39 is 0 Å². The topological polar surface area (TPSA) is 3.24 Å². The van der Waals surface area contributed by atoms with Crippen LogP contribution in [0, 0.1) is 23.6 Å². The van der Waals surface area contributed by atoms with E-state index in [1.54, 1.807) is 0 Å². The summed E-state index contributed by atoms with van der Waals surface area (Å²) in [6.07, 6.45) is 8.53. The molecule has 0 N–H and O–H groups in total. The number of aryl methyl sites for hydroxylation is 1. The lowest BCUT2D eigenvalue weighted by atomic mass is 9.77. The molecule has 0 aliphatic carbocycles. The van der Waals surface area contributed by atoms with E-state index in [-0.39, 0.29) is 5.82 Å². The monoisotopic (exact) mass is 465 g/mol. The van der Waals surface area contributed by atoms with E-state index >= 15 is 0 Å². The van der Waals surface area contributed by atoms with Crippen LogP contribution in [0.3, 0.4) is 0 Å². The van der Waals surface area contributed by atoms with Gasteiger partial charge in [-0.1, -0.05) is 89.9 Å². The molecule has 0 bridgehead atoms. The summed E-state index contributed by atoms with van der Waals surface area (Å²) >= 11 is 0. The SMILES string of the molecule is C=C(C)N1CCC(C)(CCC)CC1.CCC(C)(C)Cc1cc(C)cc(Cc2ccc(F)cc2)c1. The van der Waals surface area contributed by atoms with Gasteiger partial charge in [-0.05, 0) is 85.6 Å². The molecule has 0 radical (unpaired) electrons. The molecule has 2 heteroatoms. The molecule has 0 unspecified atom stereocenters.